The zero-order chi connectivity index (χ0) is 15.3. The molecular formula is C16H23BN2O2. The molecule has 1 saturated heterocycles. The van der Waals surface area contributed by atoms with Crippen LogP contribution >= 0.6 is 0 Å². The predicted molar refractivity (Wildman–Crippen MR) is 86.8 cm³/mol. The minimum Gasteiger partial charge on any atom is -0.399 e. The van der Waals surface area contributed by atoms with E-state index >= 15 is 0 Å². The number of aromatic nitrogens is 1. The number of fused-ring (bicyclic) bond motifs is 1. The van der Waals surface area contributed by atoms with Crippen LogP contribution in [-0.4, -0.2) is 29.8 Å². The monoisotopic (exact) mass is 286 g/mol. The molecule has 5 heteroatoms. The van der Waals surface area contributed by atoms with Crippen molar-refractivity contribution < 1.29 is 9.31 Å². The first-order valence-corrected chi connectivity index (χ1v) is 7.50. The number of benzene rings is 1. The lowest BCUT2D eigenvalue weighted by Crippen LogP contribution is -2.41. The second-order valence-corrected chi connectivity index (χ2v) is 6.75. The van der Waals surface area contributed by atoms with Crippen LogP contribution in [0.5, 0.6) is 0 Å². The molecular weight excluding hydrogens is 263 g/mol. The molecule has 1 aromatic carbocycles. The summed E-state index contributed by atoms with van der Waals surface area (Å²) in [6.07, 6.45) is 2.90. The zero-order valence-electron chi connectivity index (χ0n) is 13.2. The highest BCUT2D eigenvalue weighted by molar-refractivity contribution is 6.62. The highest BCUT2D eigenvalue weighted by Crippen LogP contribution is 2.36. The Balaban J connectivity index is 1.97. The van der Waals surface area contributed by atoms with Crippen molar-refractivity contribution in [2.24, 2.45) is 5.73 Å². The van der Waals surface area contributed by atoms with Crippen LogP contribution in [0.1, 0.15) is 33.3 Å². The van der Waals surface area contributed by atoms with Gasteiger partial charge in [0.1, 0.15) is 0 Å². The van der Waals surface area contributed by atoms with Crippen LogP contribution in [0.15, 0.2) is 24.4 Å². The summed E-state index contributed by atoms with van der Waals surface area (Å²) in [5.41, 5.74) is 8.47. The summed E-state index contributed by atoms with van der Waals surface area (Å²) in [7, 11) is -0.319. The first kappa shape index (κ1) is 14.6. The molecule has 0 radical (unpaired) electrons. The van der Waals surface area contributed by atoms with E-state index in [0.29, 0.717) is 6.54 Å². The Bertz CT molecular complexity index is 647. The van der Waals surface area contributed by atoms with Crippen LogP contribution < -0.4 is 11.2 Å². The Hall–Kier alpha value is -1.30. The fourth-order valence-electron chi connectivity index (χ4n) is 2.68. The molecule has 3 N–H and O–H groups in total. The minimum atomic E-state index is -0.319. The van der Waals surface area contributed by atoms with Crippen LogP contribution in [0, 0.1) is 0 Å². The predicted octanol–water partition coefficient (Wildman–Crippen LogP) is 1.97. The molecule has 0 atom stereocenters. The summed E-state index contributed by atoms with van der Waals surface area (Å²) in [6, 6.07) is 6.29. The van der Waals surface area contributed by atoms with Gasteiger partial charge in [-0.25, -0.2) is 0 Å². The van der Waals surface area contributed by atoms with E-state index in [1.807, 2.05) is 6.20 Å². The van der Waals surface area contributed by atoms with Crippen molar-refractivity contribution in [3.63, 3.8) is 0 Å². The third-order valence-corrected chi connectivity index (χ3v) is 4.73. The van der Waals surface area contributed by atoms with Crippen molar-refractivity contribution in [3.05, 3.63) is 30.0 Å². The first-order valence-electron chi connectivity index (χ1n) is 7.50. The maximum Gasteiger partial charge on any atom is 0.494 e. The van der Waals surface area contributed by atoms with E-state index in [1.165, 1.54) is 10.9 Å². The topological polar surface area (TPSA) is 60.3 Å². The van der Waals surface area contributed by atoms with E-state index in [2.05, 4.69) is 50.9 Å². The summed E-state index contributed by atoms with van der Waals surface area (Å²) < 4.78 is 12.2. The number of aromatic amines is 1. The largest absolute Gasteiger partial charge is 0.494 e. The Kier molecular flexibility index (Phi) is 3.39. The molecule has 112 valence electrons. The molecule has 4 nitrogen and oxygen atoms in total. The van der Waals surface area contributed by atoms with Crippen LogP contribution in [0.2, 0.25) is 0 Å². The van der Waals surface area contributed by atoms with E-state index in [-0.39, 0.29) is 18.3 Å². The summed E-state index contributed by atoms with van der Waals surface area (Å²) in [6.45, 7) is 8.93. The molecule has 21 heavy (non-hydrogen) atoms. The molecule has 3 rings (SSSR count). The lowest BCUT2D eigenvalue weighted by atomic mass is 9.78. The van der Waals surface area contributed by atoms with Gasteiger partial charge in [-0.15, -0.1) is 0 Å². The average Bonchev–Trinajstić information content (AvgIpc) is 2.89. The van der Waals surface area contributed by atoms with Gasteiger partial charge in [-0.1, -0.05) is 12.1 Å². The molecule has 1 aliphatic rings. The number of rotatable bonds is 3. The minimum absolute atomic E-state index is 0.315. The standard InChI is InChI=1S/C16H23BN2O2/c1-15(2)16(3,4)21-17(20-15)12-5-6-14-13(9-12)11(7-8-18)10-19-14/h5-6,9-10,19H,7-8,18H2,1-4H3. The Labute approximate surface area is 126 Å². The van der Waals surface area contributed by atoms with Gasteiger partial charge in [-0.05, 0) is 57.8 Å². The normalized spacial score (nSPS) is 20.3. The smallest absolute Gasteiger partial charge is 0.399 e. The summed E-state index contributed by atoms with van der Waals surface area (Å²) in [4.78, 5) is 3.29. The zero-order valence-corrected chi connectivity index (χ0v) is 13.2. The van der Waals surface area contributed by atoms with E-state index in [4.69, 9.17) is 15.0 Å². The van der Waals surface area contributed by atoms with Gasteiger partial charge < -0.3 is 20.0 Å². The van der Waals surface area contributed by atoms with Crippen LogP contribution in [0.3, 0.4) is 0 Å². The quantitative estimate of drug-likeness (QED) is 0.848. The fourth-order valence-corrected chi connectivity index (χ4v) is 2.68. The van der Waals surface area contributed by atoms with Gasteiger partial charge in [-0.2, -0.15) is 0 Å². The molecule has 0 bridgehead atoms. The fraction of sp³-hybridized carbons (Fsp3) is 0.500. The highest BCUT2D eigenvalue weighted by atomic mass is 16.7. The SMILES string of the molecule is CC1(C)OB(c2ccc3[nH]cc(CCN)c3c2)OC1(C)C. The summed E-state index contributed by atoms with van der Waals surface area (Å²) in [5.74, 6) is 0. The number of nitrogens with two attached hydrogens (primary N) is 1. The molecule has 1 aliphatic heterocycles. The third-order valence-electron chi connectivity index (χ3n) is 4.73. The van der Waals surface area contributed by atoms with Gasteiger partial charge in [0, 0.05) is 17.1 Å². The van der Waals surface area contributed by atoms with E-state index in [9.17, 15) is 0 Å². The highest BCUT2D eigenvalue weighted by Gasteiger charge is 2.51. The number of hydrogen-bond acceptors (Lipinski definition) is 3. The van der Waals surface area contributed by atoms with Gasteiger partial charge in [0.05, 0.1) is 11.2 Å². The Morgan fingerprint density at radius 3 is 2.43 bits per heavy atom. The third kappa shape index (κ3) is 2.39. The first-order chi connectivity index (χ1) is 9.84. The number of H-pyrrole nitrogens is 1. The van der Waals surface area contributed by atoms with Gasteiger partial charge in [0.15, 0.2) is 0 Å². The molecule has 1 aromatic heterocycles. The summed E-state index contributed by atoms with van der Waals surface area (Å²) >= 11 is 0. The van der Waals surface area contributed by atoms with Crippen LogP contribution in [-0.2, 0) is 15.7 Å². The second-order valence-electron chi connectivity index (χ2n) is 6.75. The Morgan fingerprint density at radius 2 is 1.81 bits per heavy atom. The van der Waals surface area contributed by atoms with Crippen molar-refractivity contribution in [1.29, 1.82) is 0 Å². The van der Waals surface area contributed by atoms with Gasteiger partial charge >= 0.3 is 7.12 Å². The molecule has 0 amide bonds. The molecule has 2 heterocycles. The van der Waals surface area contributed by atoms with Crippen molar-refractivity contribution in [2.45, 2.75) is 45.3 Å². The second kappa shape index (κ2) is 4.87. The van der Waals surface area contributed by atoms with Crippen molar-refractivity contribution >= 4 is 23.5 Å². The number of hydrogen-bond donors (Lipinski definition) is 2. The molecule has 0 spiro atoms. The Morgan fingerprint density at radius 1 is 1.14 bits per heavy atom. The van der Waals surface area contributed by atoms with E-state index in [1.54, 1.807) is 0 Å². The maximum atomic E-state index is 6.12. The number of nitrogens with one attached hydrogen (secondary N) is 1. The van der Waals surface area contributed by atoms with Crippen molar-refractivity contribution in [1.82, 2.24) is 4.98 Å². The van der Waals surface area contributed by atoms with Gasteiger partial charge in [0.2, 0.25) is 0 Å². The average molecular weight is 286 g/mol. The molecule has 1 fully saturated rings. The van der Waals surface area contributed by atoms with Crippen molar-refractivity contribution in [2.75, 3.05) is 6.54 Å². The van der Waals surface area contributed by atoms with Crippen molar-refractivity contribution in [3.8, 4) is 0 Å². The summed E-state index contributed by atoms with van der Waals surface area (Å²) in [5, 5.41) is 1.20. The molecule has 0 saturated carbocycles. The lowest BCUT2D eigenvalue weighted by molar-refractivity contribution is 0.00578. The van der Waals surface area contributed by atoms with Crippen LogP contribution in [0.25, 0.3) is 10.9 Å². The van der Waals surface area contributed by atoms with E-state index in [0.717, 1.165) is 17.4 Å². The molecule has 0 aliphatic carbocycles. The molecule has 2 aromatic rings. The lowest BCUT2D eigenvalue weighted by Gasteiger charge is -2.32. The van der Waals surface area contributed by atoms with E-state index < -0.39 is 0 Å². The maximum absolute atomic E-state index is 6.12. The van der Waals surface area contributed by atoms with Crippen LogP contribution in [0.4, 0.5) is 0 Å². The van der Waals surface area contributed by atoms with Gasteiger partial charge in [0.25, 0.3) is 0 Å². The van der Waals surface area contributed by atoms with Gasteiger partial charge in [-0.3, -0.25) is 0 Å². The molecule has 0 unspecified atom stereocenters.